The molecule has 0 aromatic heterocycles. The Morgan fingerprint density at radius 3 is 1.05 bits per heavy atom. The maximum atomic E-state index is 10.4. The Balaban J connectivity index is -0.000000255. The van der Waals surface area contributed by atoms with Crippen LogP contribution in [0.25, 0.3) is 0 Å². The van der Waals surface area contributed by atoms with Crippen LogP contribution in [0.3, 0.4) is 0 Å². The summed E-state index contributed by atoms with van der Waals surface area (Å²) in [4.78, 5) is 8.58. The topological polar surface area (TPSA) is 17.1 Å². The number of hydrogen-bond donors (Lipinski definition) is 0. The fourth-order valence-electron chi connectivity index (χ4n) is 1.41. The molecule has 126 valence electrons. The maximum Gasteiger partial charge on any atom is 0.298 e. The van der Waals surface area contributed by atoms with Crippen molar-refractivity contribution in [2.45, 2.75) is 40.8 Å². The number of carbonyl (C=O) groups excluding carboxylic acids is 1. The van der Waals surface area contributed by atoms with Crippen molar-refractivity contribution < 1.29 is 38.1 Å². The predicted molar refractivity (Wildman–Crippen MR) is 82.1 cm³/mol. The summed E-state index contributed by atoms with van der Waals surface area (Å²) in [6.07, 6.45) is -4.91. The second kappa shape index (κ2) is 11.6. The Morgan fingerprint density at radius 2 is 1.00 bits per heavy atom. The van der Waals surface area contributed by atoms with E-state index in [0.29, 0.717) is 7.92 Å². The first-order valence-corrected chi connectivity index (χ1v) is 8.80. The van der Waals surface area contributed by atoms with Gasteiger partial charge in [0.15, 0.2) is 0 Å². The van der Waals surface area contributed by atoms with Crippen LogP contribution in [0.2, 0.25) is 0 Å². The third-order valence-corrected chi connectivity index (χ3v) is 2.93. The van der Waals surface area contributed by atoms with Crippen LogP contribution in [0.15, 0.2) is 22.3 Å². The van der Waals surface area contributed by atoms with Gasteiger partial charge in [-0.15, -0.1) is 7.92 Å². The molecule has 21 heavy (non-hydrogen) atoms. The minimum Gasteiger partial charge on any atom is -0.533 e. The number of allylic oxidation sites excluding steroid dienone is 4. The van der Waals surface area contributed by atoms with Crippen molar-refractivity contribution in [1.82, 2.24) is 0 Å². The van der Waals surface area contributed by atoms with Gasteiger partial charge in [0, 0.05) is 26.0 Å². The van der Waals surface area contributed by atoms with Gasteiger partial charge >= 0.3 is 0 Å². The van der Waals surface area contributed by atoms with E-state index in [4.69, 9.17) is 4.79 Å². The molecule has 0 aromatic rings. The van der Waals surface area contributed by atoms with Gasteiger partial charge in [-0.2, -0.15) is 6.29 Å². The van der Waals surface area contributed by atoms with E-state index < -0.39 is 6.18 Å². The van der Waals surface area contributed by atoms with Gasteiger partial charge in [-0.3, -0.25) is 0 Å². The van der Waals surface area contributed by atoms with Crippen LogP contribution in [0.1, 0.15) is 34.6 Å². The van der Waals surface area contributed by atoms with Crippen molar-refractivity contribution in [1.29, 1.82) is 0 Å². The summed E-state index contributed by atoms with van der Waals surface area (Å²) in [6, 6.07) is 0. The van der Waals surface area contributed by atoms with E-state index in [1.807, 2.05) is 0 Å². The van der Waals surface area contributed by atoms with Crippen LogP contribution in [-0.2, 0) is 24.9 Å². The number of halogens is 3. The first kappa shape index (κ1) is 25.9. The van der Waals surface area contributed by atoms with Crippen molar-refractivity contribution in [2.24, 2.45) is 0 Å². The molecule has 0 saturated carbocycles. The molecule has 2 radical (unpaired) electrons. The molecule has 0 unspecified atom stereocenters. The van der Waals surface area contributed by atoms with E-state index in [1.165, 1.54) is 28.2 Å². The smallest absolute Gasteiger partial charge is 0.298 e. The summed E-state index contributed by atoms with van der Waals surface area (Å²) in [5, 5.41) is 0. The molecule has 0 aromatic carbocycles. The van der Waals surface area contributed by atoms with E-state index in [1.54, 1.807) is 0 Å². The quantitative estimate of drug-likeness (QED) is 0.327. The zero-order chi connectivity index (χ0) is 16.7. The fourth-order valence-corrected chi connectivity index (χ4v) is 1.41. The molecule has 1 nitrogen and oxygen atoms in total. The van der Waals surface area contributed by atoms with Gasteiger partial charge in [0.05, 0.1) is 0 Å². The molecule has 1 aliphatic rings. The minimum atomic E-state index is -4.76. The summed E-state index contributed by atoms with van der Waals surface area (Å²) in [7, 11) is 0.380. The van der Waals surface area contributed by atoms with Gasteiger partial charge in [-0.25, -0.2) is 13.2 Å². The monoisotopic (exact) mass is 501 g/mol. The van der Waals surface area contributed by atoms with Crippen LogP contribution in [-0.4, -0.2) is 32.5 Å². The van der Waals surface area contributed by atoms with Crippen molar-refractivity contribution in [3.05, 3.63) is 28.2 Å². The Morgan fingerprint density at radius 1 is 0.810 bits per heavy atom. The summed E-state index contributed by atoms with van der Waals surface area (Å²) >= 11 is 0. The van der Waals surface area contributed by atoms with Crippen LogP contribution < -0.4 is 0 Å². The normalized spacial score (nSPS) is 15.0. The van der Waals surface area contributed by atoms with E-state index >= 15 is 0 Å². The van der Waals surface area contributed by atoms with Gasteiger partial charge in [0.1, 0.15) is 0 Å². The molecule has 0 spiro atoms. The minimum absolute atomic E-state index is 0. The van der Waals surface area contributed by atoms with E-state index in [9.17, 15) is 13.2 Å². The Kier molecular flexibility index (Phi) is 14.3. The molecule has 6 heteroatoms. The van der Waals surface area contributed by atoms with E-state index in [-0.39, 0.29) is 26.4 Å². The third-order valence-electron chi connectivity index (χ3n) is 2.93. The van der Waals surface area contributed by atoms with Crippen molar-refractivity contribution >= 4 is 14.2 Å². The van der Waals surface area contributed by atoms with Gasteiger partial charge in [0.25, 0.3) is 6.18 Å². The molecule has 0 atom stereocenters. The predicted octanol–water partition coefficient (Wildman–Crippen LogP) is 5.28. The molecular weight excluding hydrogens is 476 g/mol. The van der Waals surface area contributed by atoms with E-state index in [2.05, 4.69) is 54.6 Å². The fraction of sp³-hybridized carbons (Fsp3) is 0.600. The summed E-state index contributed by atoms with van der Waals surface area (Å²) in [5.41, 5.74) is 5.87. The molecule has 0 bridgehead atoms. The molecule has 0 heterocycles. The molecular formula is C15H24F3IrOP-. The SMILES string of the molecule is CP(C)C.C[C]1C(C)=C(C)C(C)=C1C.O=[C-]C(F)(F)F.[Ir]. The molecule has 1 aliphatic carbocycles. The van der Waals surface area contributed by atoms with Crippen LogP contribution in [0.5, 0.6) is 0 Å². The van der Waals surface area contributed by atoms with Gasteiger partial charge in [-0.1, -0.05) is 18.1 Å². The average Bonchev–Trinajstić information content (AvgIpc) is 2.47. The van der Waals surface area contributed by atoms with Crippen molar-refractivity contribution in [2.75, 3.05) is 20.0 Å². The van der Waals surface area contributed by atoms with Gasteiger partial charge in [0.2, 0.25) is 0 Å². The molecule has 0 fully saturated rings. The van der Waals surface area contributed by atoms with Crippen molar-refractivity contribution in [3.63, 3.8) is 0 Å². The molecule has 0 saturated heterocycles. The molecule has 1 rings (SSSR count). The standard InChI is InChI=1S/C10H15.C3H9P.C2F3O.Ir/c1-6-7(2)9(4)10(5)8(6)3;1-4(2)3;3-2(4,5)1-6;/h1-5H3;1-3H3;;/q;;-1;. The second-order valence-corrected chi connectivity index (χ2v) is 7.75. The first-order chi connectivity index (χ1) is 8.85. The van der Waals surface area contributed by atoms with Gasteiger partial charge in [-0.05, 0) is 58.8 Å². The maximum absolute atomic E-state index is 10.4. The summed E-state index contributed by atoms with van der Waals surface area (Å²) < 4.78 is 31.1. The van der Waals surface area contributed by atoms with Gasteiger partial charge < -0.3 is 4.79 Å². The number of rotatable bonds is 0. The average molecular weight is 501 g/mol. The largest absolute Gasteiger partial charge is 0.533 e. The zero-order valence-corrected chi connectivity index (χ0v) is 17.1. The number of hydrogen-bond acceptors (Lipinski definition) is 1. The van der Waals surface area contributed by atoms with Crippen LogP contribution >= 0.6 is 7.92 Å². The van der Waals surface area contributed by atoms with Crippen LogP contribution in [0, 0.1) is 5.92 Å². The molecule has 0 N–H and O–H groups in total. The first-order valence-electron chi connectivity index (χ1n) is 6.11. The zero-order valence-electron chi connectivity index (χ0n) is 13.8. The Labute approximate surface area is 141 Å². The van der Waals surface area contributed by atoms with E-state index in [0.717, 1.165) is 0 Å². The summed E-state index contributed by atoms with van der Waals surface area (Å²) in [5.74, 6) is 1.47. The molecule has 0 aliphatic heterocycles. The third kappa shape index (κ3) is 12.3. The van der Waals surface area contributed by atoms with Crippen molar-refractivity contribution in [3.8, 4) is 0 Å². The molecule has 0 amide bonds. The number of alkyl halides is 3. The second-order valence-electron chi connectivity index (χ2n) is 5.07. The van der Waals surface area contributed by atoms with Crippen LogP contribution in [0.4, 0.5) is 13.2 Å². The Bertz CT molecular complexity index is 358. The summed E-state index contributed by atoms with van der Waals surface area (Å²) in [6.45, 7) is 17.7. The Hall–Kier alpha value is 0.0194.